The third-order valence-electron chi connectivity index (χ3n) is 3.23. The van der Waals surface area contributed by atoms with Gasteiger partial charge in [-0.3, -0.25) is 0 Å². The van der Waals surface area contributed by atoms with Crippen LogP contribution in [0.2, 0.25) is 0 Å². The first-order valence-corrected chi connectivity index (χ1v) is 8.27. The molecule has 0 saturated heterocycles. The van der Waals surface area contributed by atoms with Crippen LogP contribution in [0.4, 0.5) is 10.6 Å². The van der Waals surface area contributed by atoms with Gasteiger partial charge in [-0.2, -0.15) is 0 Å². The van der Waals surface area contributed by atoms with Gasteiger partial charge in [0, 0.05) is 21.9 Å². The third kappa shape index (κ3) is 5.68. The molecule has 21 heavy (non-hydrogen) atoms. The van der Waals surface area contributed by atoms with Crippen molar-refractivity contribution in [3.8, 4) is 0 Å². The topological polar surface area (TPSA) is 63.2 Å². The lowest BCUT2D eigenvalue weighted by Crippen LogP contribution is -2.38. The van der Waals surface area contributed by atoms with Gasteiger partial charge >= 0.3 is 6.09 Å². The van der Waals surface area contributed by atoms with Gasteiger partial charge in [0.05, 0.1) is 0 Å². The number of carbonyl (C=O) groups is 1. The molecule has 6 heteroatoms. The summed E-state index contributed by atoms with van der Waals surface area (Å²) in [5.41, 5.74) is -0.453. The number of halogens is 1. The van der Waals surface area contributed by atoms with E-state index < -0.39 is 5.60 Å². The van der Waals surface area contributed by atoms with E-state index in [1.807, 2.05) is 39.1 Å². The number of anilines is 1. The van der Waals surface area contributed by atoms with E-state index in [9.17, 15) is 4.79 Å². The quantitative estimate of drug-likeness (QED) is 0.758. The minimum absolute atomic E-state index is 0.168. The lowest BCUT2D eigenvalue weighted by Gasteiger charge is -2.21. The number of ether oxygens (including phenoxy) is 1. The van der Waals surface area contributed by atoms with Crippen molar-refractivity contribution in [3.63, 3.8) is 0 Å². The minimum atomic E-state index is -0.453. The van der Waals surface area contributed by atoms with E-state index in [0.29, 0.717) is 6.04 Å². The SMILES string of the molecule is CC(C)(C)OC(=O)N[C@H]1CC[C@H](Nc2ccc(I)cn2)C1. The highest BCUT2D eigenvalue weighted by atomic mass is 127. The van der Waals surface area contributed by atoms with Gasteiger partial charge in [0.1, 0.15) is 11.4 Å². The van der Waals surface area contributed by atoms with Gasteiger partial charge in [-0.1, -0.05) is 0 Å². The second-order valence-electron chi connectivity index (χ2n) is 6.36. The zero-order chi connectivity index (χ0) is 15.5. The molecule has 2 N–H and O–H groups in total. The summed E-state index contributed by atoms with van der Waals surface area (Å²) >= 11 is 2.24. The van der Waals surface area contributed by atoms with Crippen molar-refractivity contribution in [2.45, 2.75) is 57.7 Å². The normalized spacial score (nSPS) is 21.9. The van der Waals surface area contributed by atoms with Crippen LogP contribution in [0.1, 0.15) is 40.0 Å². The van der Waals surface area contributed by atoms with E-state index in [2.05, 4.69) is 38.2 Å². The van der Waals surface area contributed by atoms with Gasteiger partial charge in [-0.15, -0.1) is 0 Å². The van der Waals surface area contributed by atoms with Gasteiger partial charge in [0.25, 0.3) is 0 Å². The van der Waals surface area contributed by atoms with Crippen molar-refractivity contribution in [2.24, 2.45) is 0 Å². The van der Waals surface area contributed by atoms with E-state index in [-0.39, 0.29) is 12.1 Å². The molecule has 0 aliphatic heterocycles. The van der Waals surface area contributed by atoms with Crippen LogP contribution in [0.15, 0.2) is 18.3 Å². The number of carbonyl (C=O) groups excluding carboxylic acids is 1. The number of aromatic nitrogens is 1. The maximum absolute atomic E-state index is 11.8. The molecule has 0 spiro atoms. The summed E-state index contributed by atoms with van der Waals surface area (Å²) in [7, 11) is 0. The highest BCUT2D eigenvalue weighted by Gasteiger charge is 2.27. The Morgan fingerprint density at radius 2 is 2.05 bits per heavy atom. The maximum Gasteiger partial charge on any atom is 0.407 e. The zero-order valence-corrected chi connectivity index (χ0v) is 14.8. The van der Waals surface area contributed by atoms with Crippen LogP contribution in [0.5, 0.6) is 0 Å². The number of rotatable bonds is 3. The molecule has 0 radical (unpaired) electrons. The standard InChI is InChI=1S/C15H22IN3O2/c1-15(2,3)21-14(20)19-12-6-5-11(8-12)18-13-7-4-10(16)9-17-13/h4,7,9,11-12H,5-6,8H2,1-3H3,(H,17,18)(H,19,20)/t11-,12-/m0/s1. The van der Waals surface area contributed by atoms with Crippen LogP contribution < -0.4 is 10.6 Å². The maximum atomic E-state index is 11.8. The van der Waals surface area contributed by atoms with Gasteiger partial charge in [-0.25, -0.2) is 9.78 Å². The molecule has 116 valence electrons. The summed E-state index contributed by atoms with van der Waals surface area (Å²) in [5, 5.41) is 6.35. The van der Waals surface area contributed by atoms with Crippen molar-refractivity contribution in [3.05, 3.63) is 21.9 Å². The van der Waals surface area contributed by atoms with Crippen LogP contribution in [-0.4, -0.2) is 28.8 Å². The first kappa shape index (κ1) is 16.3. The number of amides is 1. The van der Waals surface area contributed by atoms with E-state index >= 15 is 0 Å². The number of hydrogen-bond donors (Lipinski definition) is 2. The predicted octanol–water partition coefficient (Wildman–Crippen LogP) is 3.54. The molecule has 1 saturated carbocycles. The molecule has 5 nitrogen and oxygen atoms in total. The molecule has 1 amide bonds. The lowest BCUT2D eigenvalue weighted by atomic mass is 10.2. The molecule has 1 aromatic rings. The molecule has 1 aromatic heterocycles. The molecule has 0 unspecified atom stereocenters. The van der Waals surface area contributed by atoms with Crippen LogP contribution in [-0.2, 0) is 4.74 Å². The van der Waals surface area contributed by atoms with Crippen molar-refractivity contribution in [2.75, 3.05) is 5.32 Å². The molecule has 1 aliphatic carbocycles. The Labute approximate surface area is 139 Å². The highest BCUT2D eigenvalue weighted by Crippen LogP contribution is 2.23. The van der Waals surface area contributed by atoms with E-state index in [4.69, 9.17) is 4.74 Å². The Hall–Kier alpha value is -1.05. The summed E-state index contributed by atoms with van der Waals surface area (Å²) in [6.07, 6.45) is 4.39. The second kappa shape index (κ2) is 6.81. The predicted molar refractivity (Wildman–Crippen MR) is 91.4 cm³/mol. The van der Waals surface area contributed by atoms with Crippen molar-refractivity contribution in [1.29, 1.82) is 0 Å². The molecule has 0 bridgehead atoms. The van der Waals surface area contributed by atoms with E-state index in [0.717, 1.165) is 28.7 Å². The van der Waals surface area contributed by atoms with Crippen LogP contribution in [0.25, 0.3) is 0 Å². The largest absolute Gasteiger partial charge is 0.444 e. The average Bonchev–Trinajstić information content (AvgIpc) is 2.77. The number of pyridine rings is 1. The lowest BCUT2D eigenvalue weighted by molar-refractivity contribution is 0.0505. The third-order valence-corrected chi connectivity index (χ3v) is 3.87. The fourth-order valence-electron chi connectivity index (χ4n) is 2.39. The second-order valence-corrected chi connectivity index (χ2v) is 7.60. The molecule has 2 atom stereocenters. The van der Waals surface area contributed by atoms with Crippen LogP contribution in [0, 0.1) is 3.57 Å². The molecular weight excluding hydrogens is 381 g/mol. The number of hydrogen-bond acceptors (Lipinski definition) is 4. The molecule has 1 heterocycles. The van der Waals surface area contributed by atoms with Crippen molar-refractivity contribution < 1.29 is 9.53 Å². The summed E-state index contributed by atoms with van der Waals surface area (Å²) in [6.45, 7) is 5.61. The Kier molecular flexibility index (Phi) is 5.29. The number of nitrogens with one attached hydrogen (secondary N) is 2. The van der Waals surface area contributed by atoms with E-state index in [1.54, 1.807) is 0 Å². The Balaban J connectivity index is 1.78. The van der Waals surface area contributed by atoms with Crippen molar-refractivity contribution in [1.82, 2.24) is 10.3 Å². The minimum Gasteiger partial charge on any atom is -0.444 e. The van der Waals surface area contributed by atoms with Gasteiger partial charge in [0.15, 0.2) is 0 Å². The fourth-order valence-corrected chi connectivity index (χ4v) is 2.71. The Morgan fingerprint density at radius 1 is 1.33 bits per heavy atom. The summed E-state index contributed by atoms with van der Waals surface area (Å²) < 4.78 is 6.40. The van der Waals surface area contributed by atoms with Gasteiger partial charge < -0.3 is 15.4 Å². The first-order chi connectivity index (χ1) is 9.82. The Bertz CT molecular complexity index is 485. The van der Waals surface area contributed by atoms with Crippen LogP contribution >= 0.6 is 22.6 Å². The summed E-state index contributed by atoms with van der Waals surface area (Å²) in [4.78, 5) is 16.1. The fraction of sp³-hybridized carbons (Fsp3) is 0.600. The molecular formula is C15H22IN3O2. The summed E-state index contributed by atoms with van der Waals surface area (Å²) in [5.74, 6) is 0.887. The van der Waals surface area contributed by atoms with E-state index in [1.165, 1.54) is 0 Å². The molecule has 1 aliphatic rings. The monoisotopic (exact) mass is 403 g/mol. The average molecular weight is 403 g/mol. The zero-order valence-electron chi connectivity index (χ0n) is 12.6. The highest BCUT2D eigenvalue weighted by molar-refractivity contribution is 14.1. The summed E-state index contributed by atoms with van der Waals surface area (Å²) in [6, 6.07) is 4.52. The Morgan fingerprint density at radius 3 is 2.67 bits per heavy atom. The number of nitrogens with zero attached hydrogens (tertiary/aromatic N) is 1. The molecule has 0 aromatic carbocycles. The van der Waals surface area contributed by atoms with Gasteiger partial charge in [-0.05, 0) is 74.8 Å². The molecule has 1 fully saturated rings. The first-order valence-electron chi connectivity index (χ1n) is 7.19. The van der Waals surface area contributed by atoms with Crippen LogP contribution in [0.3, 0.4) is 0 Å². The molecule has 2 rings (SSSR count). The smallest absolute Gasteiger partial charge is 0.407 e. The van der Waals surface area contributed by atoms with Gasteiger partial charge in [0.2, 0.25) is 0 Å². The van der Waals surface area contributed by atoms with Crippen molar-refractivity contribution >= 4 is 34.5 Å². The number of alkyl carbamates (subject to hydrolysis) is 1.